The van der Waals surface area contributed by atoms with Crippen LogP contribution in [-0.4, -0.2) is 58.6 Å². The molecule has 2 fully saturated rings. The number of sulfonamides is 1. The molecule has 2 saturated carbocycles. The highest BCUT2D eigenvalue weighted by atomic mass is 32.2. The first kappa shape index (κ1) is 26.2. The first-order valence-electron chi connectivity index (χ1n) is 12.4. The first-order valence-corrected chi connectivity index (χ1v) is 14.3. The fraction of sp³-hybridized carbons (Fsp3) is 0.481. The summed E-state index contributed by atoms with van der Waals surface area (Å²) in [4.78, 5) is 26.4. The van der Waals surface area contributed by atoms with Gasteiger partial charge in [0.25, 0.3) is 5.91 Å². The van der Waals surface area contributed by atoms with Gasteiger partial charge in [-0.15, -0.1) is 0 Å². The molecule has 36 heavy (non-hydrogen) atoms. The maximum atomic E-state index is 13.4. The largest absolute Gasteiger partial charge is 0.493 e. The van der Waals surface area contributed by atoms with Crippen LogP contribution in [0.5, 0.6) is 5.75 Å². The maximum absolute atomic E-state index is 13.4. The van der Waals surface area contributed by atoms with Crippen LogP contribution < -0.4 is 19.7 Å². The second-order valence-corrected chi connectivity index (χ2v) is 12.1. The van der Waals surface area contributed by atoms with Gasteiger partial charge in [0.15, 0.2) is 5.78 Å². The normalized spacial score (nSPS) is 19.9. The minimum atomic E-state index is -3.55. The molecule has 0 bridgehead atoms. The third-order valence-electron chi connectivity index (χ3n) is 6.87. The lowest BCUT2D eigenvalue weighted by Gasteiger charge is -2.21. The average molecular weight is 514 g/mol. The summed E-state index contributed by atoms with van der Waals surface area (Å²) in [6.45, 7) is 2.85. The number of amides is 1. The molecule has 0 heterocycles. The summed E-state index contributed by atoms with van der Waals surface area (Å²) in [5.74, 6) is 0.939. The molecular weight excluding hydrogens is 478 g/mol. The van der Waals surface area contributed by atoms with E-state index in [1.54, 1.807) is 12.1 Å². The predicted octanol–water partition coefficient (Wildman–Crippen LogP) is 2.78. The van der Waals surface area contributed by atoms with Gasteiger partial charge in [-0.3, -0.25) is 13.9 Å². The molecule has 9 heteroatoms. The van der Waals surface area contributed by atoms with Crippen LogP contribution in [0.25, 0.3) is 0 Å². The summed E-state index contributed by atoms with van der Waals surface area (Å²) in [5.41, 5.74) is 1.50. The number of ketones is 1. The number of anilines is 1. The molecule has 0 spiro atoms. The summed E-state index contributed by atoms with van der Waals surface area (Å²) >= 11 is 0. The number of benzene rings is 2. The Labute approximate surface area is 213 Å². The van der Waals surface area contributed by atoms with Crippen molar-refractivity contribution in [2.75, 3.05) is 30.8 Å². The van der Waals surface area contributed by atoms with Gasteiger partial charge in [-0.05, 0) is 55.2 Å². The molecule has 2 aliphatic rings. The van der Waals surface area contributed by atoms with E-state index in [2.05, 4.69) is 17.6 Å². The molecule has 8 nitrogen and oxygen atoms in total. The van der Waals surface area contributed by atoms with E-state index in [4.69, 9.17) is 4.74 Å². The Morgan fingerprint density at radius 2 is 1.83 bits per heavy atom. The molecule has 0 aliphatic heterocycles. The minimum Gasteiger partial charge on any atom is -0.493 e. The lowest BCUT2D eigenvalue weighted by atomic mass is 10.0. The molecule has 2 aliphatic carbocycles. The van der Waals surface area contributed by atoms with Gasteiger partial charge in [0.2, 0.25) is 10.0 Å². The average Bonchev–Trinajstić information content (AvgIpc) is 3.78. The van der Waals surface area contributed by atoms with E-state index < -0.39 is 22.0 Å². The lowest BCUT2D eigenvalue weighted by molar-refractivity contribution is -0.120. The second-order valence-electron chi connectivity index (χ2n) is 10.1. The summed E-state index contributed by atoms with van der Waals surface area (Å²) in [6.07, 6.45) is 4.68. The first-order chi connectivity index (χ1) is 17.1. The van der Waals surface area contributed by atoms with Gasteiger partial charge in [0.05, 0.1) is 31.1 Å². The SMILES string of the molecule is CC1CC1COc1cc(C(=O)NC(Cc2ccccc2)C(=O)CNC2CC2)cc(N(C)S(C)(=O)=O)c1. The van der Waals surface area contributed by atoms with E-state index in [0.29, 0.717) is 42.3 Å². The molecule has 0 saturated heterocycles. The number of Topliss-reactive ketones (excluding diaryl/α,β-unsaturated/α-hetero) is 1. The molecule has 0 radical (unpaired) electrons. The third kappa shape index (κ3) is 7.30. The number of rotatable bonds is 13. The predicted molar refractivity (Wildman–Crippen MR) is 140 cm³/mol. The zero-order chi connectivity index (χ0) is 25.9. The number of carbonyl (C=O) groups excluding carboxylic acids is 2. The monoisotopic (exact) mass is 513 g/mol. The zero-order valence-corrected chi connectivity index (χ0v) is 21.9. The van der Waals surface area contributed by atoms with Gasteiger partial charge in [-0.2, -0.15) is 0 Å². The van der Waals surface area contributed by atoms with Gasteiger partial charge >= 0.3 is 0 Å². The summed E-state index contributed by atoms with van der Waals surface area (Å²) in [7, 11) is -2.11. The maximum Gasteiger partial charge on any atom is 0.252 e. The minimum absolute atomic E-state index is 0.0947. The number of ether oxygens (including phenoxy) is 1. The van der Waals surface area contributed by atoms with Crippen LogP contribution in [-0.2, 0) is 21.2 Å². The van der Waals surface area contributed by atoms with Crippen molar-refractivity contribution in [2.24, 2.45) is 11.8 Å². The van der Waals surface area contributed by atoms with E-state index in [9.17, 15) is 18.0 Å². The van der Waals surface area contributed by atoms with Gasteiger partial charge in [0, 0.05) is 24.7 Å². The lowest BCUT2D eigenvalue weighted by Crippen LogP contribution is -2.46. The van der Waals surface area contributed by atoms with Crippen LogP contribution in [0.15, 0.2) is 48.5 Å². The van der Waals surface area contributed by atoms with E-state index >= 15 is 0 Å². The molecule has 2 aromatic rings. The van der Waals surface area contributed by atoms with Crippen molar-refractivity contribution in [1.82, 2.24) is 10.6 Å². The van der Waals surface area contributed by atoms with Crippen LogP contribution in [0.3, 0.4) is 0 Å². The van der Waals surface area contributed by atoms with Crippen molar-refractivity contribution in [2.45, 2.75) is 44.7 Å². The van der Waals surface area contributed by atoms with Crippen molar-refractivity contribution < 1.29 is 22.7 Å². The quantitative estimate of drug-likeness (QED) is 0.427. The fourth-order valence-electron chi connectivity index (χ4n) is 4.00. The Bertz CT molecular complexity index is 1200. The molecule has 0 aromatic heterocycles. The number of hydrogen-bond acceptors (Lipinski definition) is 6. The number of nitrogens with zero attached hydrogens (tertiary/aromatic N) is 1. The Balaban J connectivity index is 1.55. The molecule has 3 unspecified atom stereocenters. The molecular formula is C27H35N3O5S. The van der Waals surface area contributed by atoms with Crippen molar-refractivity contribution in [1.29, 1.82) is 0 Å². The van der Waals surface area contributed by atoms with Crippen LogP contribution in [0.2, 0.25) is 0 Å². The van der Waals surface area contributed by atoms with Crippen LogP contribution in [0.4, 0.5) is 5.69 Å². The van der Waals surface area contributed by atoms with E-state index in [-0.39, 0.29) is 17.9 Å². The Kier molecular flexibility index (Phi) is 8.00. The van der Waals surface area contributed by atoms with Gasteiger partial charge in [0.1, 0.15) is 5.75 Å². The molecule has 1 amide bonds. The third-order valence-corrected chi connectivity index (χ3v) is 8.08. The van der Waals surface area contributed by atoms with Gasteiger partial charge < -0.3 is 15.4 Å². The van der Waals surface area contributed by atoms with Crippen molar-refractivity contribution in [3.8, 4) is 5.75 Å². The Morgan fingerprint density at radius 1 is 1.14 bits per heavy atom. The highest BCUT2D eigenvalue weighted by Gasteiger charge is 2.33. The summed E-state index contributed by atoms with van der Waals surface area (Å²) < 4.78 is 31.4. The zero-order valence-electron chi connectivity index (χ0n) is 21.1. The highest BCUT2D eigenvalue weighted by Crippen LogP contribution is 2.38. The van der Waals surface area contributed by atoms with E-state index in [0.717, 1.165) is 35.4 Å². The highest BCUT2D eigenvalue weighted by molar-refractivity contribution is 7.92. The van der Waals surface area contributed by atoms with Crippen LogP contribution in [0.1, 0.15) is 42.1 Å². The van der Waals surface area contributed by atoms with E-state index in [1.165, 1.54) is 13.1 Å². The Morgan fingerprint density at radius 3 is 2.44 bits per heavy atom. The Hall–Kier alpha value is -2.91. The summed E-state index contributed by atoms with van der Waals surface area (Å²) in [6, 6.07) is 13.9. The second kappa shape index (κ2) is 11.0. The number of carbonyl (C=O) groups is 2. The molecule has 194 valence electrons. The number of hydrogen-bond donors (Lipinski definition) is 2. The molecule has 2 N–H and O–H groups in total. The van der Waals surface area contributed by atoms with Crippen LogP contribution >= 0.6 is 0 Å². The standard InChI is InChI=1S/C27H35N3O5S/c1-18-11-21(18)17-35-24-14-20(13-23(15-24)30(2)36(3,33)34)27(32)29-25(12-19-7-5-4-6-8-19)26(31)16-28-22-9-10-22/h4-8,13-15,18,21-22,25,28H,9-12,16-17H2,1-3H3,(H,29,32). The van der Waals surface area contributed by atoms with Crippen molar-refractivity contribution >= 4 is 27.4 Å². The summed E-state index contributed by atoms with van der Waals surface area (Å²) in [5, 5.41) is 6.12. The van der Waals surface area contributed by atoms with Crippen molar-refractivity contribution in [3.63, 3.8) is 0 Å². The fourth-order valence-corrected chi connectivity index (χ4v) is 4.49. The number of nitrogens with one attached hydrogen (secondary N) is 2. The molecule has 4 rings (SSSR count). The molecule has 3 atom stereocenters. The molecule has 2 aromatic carbocycles. The van der Waals surface area contributed by atoms with Crippen molar-refractivity contribution in [3.05, 3.63) is 59.7 Å². The van der Waals surface area contributed by atoms with Crippen LogP contribution in [0, 0.1) is 11.8 Å². The van der Waals surface area contributed by atoms with E-state index in [1.807, 2.05) is 30.3 Å². The smallest absolute Gasteiger partial charge is 0.252 e. The van der Waals surface area contributed by atoms with Gasteiger partial charge in [-0.25, -0.2) is 8.42 Å². The topological polar surface area (TPSA) is 105 Å². The van der Waals surface area contributed by atoms with Gasteiger partial charge in [-0.1, -0.05) is 37.3 Å².